The summed E-state index contributed by atoms with van der Waals surface area (Å²) in [5.41, 5.74) is 0. The summed E-state index contributed by atoms with van der Waals surface area (Å²) in [4.78, 5) is 7.41. The van der Waals surface area contributed by atoms with Crippen LogP contribution in [0, 0.1) is 5.92 Å². The van der Waals surface area contributed by atoms with Gasteiger partial charge in [0.05, 0.1) is 12.9 Å². The molecule has 0 aromatic carbocycles. The first-order chi connectivity index (χ1) is 12.8. The van der Waals surface area contributed by atoms with E-state index in [4.69, 9.17) is 14.1 Å². The van der Waals surface area contributed by atoms with Crippen LogP contribution in [0.3, 0.4) is 0 Å². The number of hydrogen-bond donors (Lipinski definition) is 2. The fourth-order valence-electron chi connectivity index (χ4n) is 3.67. The number of aliphatic imine (C=N–C) groups is 1. The highest BCUT2D eigenvalue weighted by atomic mass is 127. The smallest absolute Gasteiger partial charge is 0.191 e. The molecule has 2 aliphatic heterocycles. The Morgan fingerprint density at radius 2 is 2.15 bits per heavy atom. The number of rotatable bonds is 8. The van der Waals surface area contributed by atoms with Crippen LogP contribution < -0.4 is 10.6 Å². The van der Waals surface area contributed by atoms with E-state index in [0.29, 0.717) is 12.0 Å². The maximum absolute atomic E-state index is 5.48. The molecule has 2 aliphatic rings. The van der Waals surface area contributed by atoms with E-state index >= 15 is 0 Å². The Morgan fingerprint density at radius 3 is 2.81 bits per heavy atom. The van der Waals surface area contributed by atoms with Gasteiger partial charge in [-0.1, -0.05) is 6.92 Å². The van der Waals surface area contributed by atoms with Crippen molar-refractivity contribution in [2.45, 2.75) is 45.1 Å². The molecule has 6 nitrogen and oxygen atoms in total. The first kappa shape index (κ1) is 22.5. The second-order valence-corrected chi connectivity index (χ2v) is 7.44. The first-order valence-corrected chi connectivity index (χ1v) is 10.2. The Labute approximate surface area is 180 Å². The predicted octanol–water partition coefficient (Wildman–Crippen LogP) is 2.89. The van der Waals surface area contributed by atoms with Crippen molar-refractivity contribution < 1.29 is 9.15 Å². The Bertz CT molecular complexity index is 524. The number of nitrogens with one attached hydrogen (secondary N) is 2. The van der Waals surface area contributed by atoms with E-state index in [9.17, 15) is 0 Å². The molecule has 0 radical (unpaired) electrons. The minimum absolute atomic E-state index is 0. The van der Waals surface area contributed by atoms with Crippen LogP contribution in [0.5, 0.6) is 0 Å². The van der Waals surface area contributed by atoms with E-state index in [1.807, 2.05) is 12.1 Å². The van der Waals surface area contributed by atoms with Crippen LogP contribution in [0.1, 0.15) is 38.4 Å². The highest BCUT2D eigenvalue weighted by Gasteiger charge is 2.20. The molecule has 1 atom stereocenters. The molecule has 27 heavy (non-hydrogen) atoms. The monoisotopic (exact) mass is 490 g/mol. The third kappa shape index (κ3) is 7.99. The summed E-state index contributed by atoms with van der Waals surface area (Å²) in [6, 6.07) is 4.47. The molecule has 2 saturated heterocycles. The molecule has 1 aromatic heterocycles. The van der Waals surface area contributed by atoms with Crippen molar-refractivity contribution in [3.8, 4) is 0 Å². The second kappa shape index (κ2) is 12.6. The summed E-state index contributed by atoms with van der Waals surface area (Å²) < 4.78 is 10.9. The number of likely N-dealkylation sites (tertiary alicyclic amines) is 1. The summed E-state index contributed by atoms with van der Waals surface area (Å²) in [5.74, 6) is 2.51. The van der Waals surface area contributed by atoms with E-state index in [2.05, 4.69) is 22.5 Å². The minimum Gasteiger partial charge on any atom is -0.469 e. The van der Waals surface area contributed by atoms with E-state index in [-0.39, 0.29) is 24.0 Å². The first-order valence-electron chi connectivity index (χ1n) is 10.2. The SMILES string of the molecule is CCCN1CCC(NC(=NCC2CCOC2)NCCc2ccco2)CC1.I. The van der Waals surface area contributed by atoms with Gasteiger partial charge in [-0.3, -0.25) is 4.99 Å². The van der Waals surface area contributed by atoms with Gasteiger partial charge in [0, 0.05) is 51.2 Å². The minimum atomic E-state index is 0. The normalized spacial score (nSPS) is 21.8. The quantitative estimate of drug-likeness (QED) is 0.334. The lowest BCUT2D eigenvalue weighted by Crippen LogP contribution is -2.49. The number of piperidine rings is 1. The molecule has 0 spiro atoms. The van der Waals surface area contributed by atoms with Gasteiger partial charge in [0.2, 0.25) is 0 Å². The van der Waals surface area contributed by atoms with Crippen LogP contribution in [0.15, 0.2) is 27.8 Å². The average molecular weight is 490 g/mol. The van der Waals surface area contributed by atoms with Crippen LogP contribution in [0.4, 0.5) is 0 Å². The van der Waals surface area contributed by atoms with Gasteiger partial charge < -0.3 is 24.7 Å². The molecule has 0 aliphatic carbocycles. The van der Waals surface area contributed by atoms with Crippen LogP contribution in [-0.4, -0.2) is 62.8 Å². The Kier molecular flexibility index (Phi) is 10.5. The molecule has 2 fully saturated rings. The lowest BCUT2D eigenvalue weighted by atomic mass is 10.1. The maximum atomic E-state index is 5.48. The number of nitrogens with zero attached hydrogens (tertiary/aromatic N) is 2. The Morgan fingerprint density at radius 1 is 1.30 bits per heavy atom. The molecule has 2 N–H and O–H groups in total. The lowest BCUT2D eigenvalue weighted by molar-refractivity contribution is 0.187. The second-order valence-electron chi connectivity index (χ2n) is 7.44. The van der Waals surface area contributed by atoms with Gasteiger partial charge in [0.1, 0.15) is 5.76 Å². The number of hydrogen-bond acceptors (Lipinski definition) is 4. The zero-order chi connectivity index (χ0) is 18.0. The molecule has 3 rings (SSSR count). The third-order valence-electron chi connectivity index (χ3n) is 5.24. The highest BCUT2D eigenvalue weighted by molar-refractivity contribution is 14.0. The topological polar surface area (TPSA) is 62.0 Å². The number of ether oxygens (including phenoxy) is 1. The summed E-state index contributed by atoms with van der Waals surface area (Å²) in [6.07, 6.45) is 7.33. The number of halogens is 1. The van der Waals surface area contributed by atoms with Gasteiger partial charge in [0.25, 0.3) is 0 Å². The van der Waals surface area contributed by atoms with Gasteiger partial charge in [0.15, 0.2) is 5.96 Å². The highest BCUT2D eigenvalue weighted by Crippen LogP contribution is 2.13. The van der Waals surface area contributed by atoms with Gasteiger partial charge in [-0.25, -0.2) is 0 Å². The van der Waals surface area contributed by atoms with Crippen molar-refractivity contribution in [2.75, 3.05) is 45.9 Å². The summed E-state index contributed by atoms with van der Waals surface area (Å²) in [5, 5.41) is 7.15. The lowest BCUT2D eigenvalue weighted by Gasteiger charge is -2.33. The van der Waals surface area contributed by atoms with E-state index in [0.717, 1.165) is 50.9 Å². The van der Waals surface area contributed by atoms with Gasteiger partial charge in [-0.2, -0.15) is 0 Å². The molecule has 154 valence electrons. The van der Waals surface area contributed by atoms with Crippen LogP contribution in [-0.2, 0) is 11.2 Å². The van der Waals surface area contributed by atoms with Crippen molar-refractivity contribution in [2.24, 2.45) is 10.9 Å². The Hall–Kier alpha value is -0.800. The van der Waals surface area contributed by atoms with Crippen molar-refractivity contribution in [1.82, 2.24) is 15.5 Å². The van der Waals surface area contributed by atoms with Crippen LogP contribution >= 0.6 is 24.0 Å². The molecule has 1 aromatic rings. The fraction of sp³-hybridized carbons (Fsp3) is 0.750. The average Bonchev–Trinajstić information content (AvgIpc) is 3.35. The van der Waals surface area contributed by atoms with Gasteiger partial charge >= 0.3 is 0 Å². The van der Waals surface area contributed by atoms with Crippen molar-refractivity contribution >= 4 is 29.9 Å². The van der Waals surface area contributed by atoms with Crippen molar-refractivity contribution in [3.63, 3.8) is 0 Å². The van der Waals surface area contributed by atoms with Crippen LogP contribution in [0.25, 0.3) is 0 Å². The number of guanidine groups is 1. The molecular weight excluding hydrogens is 455 g/mol. The largest absolute Gasteiger partial charge is 0.469 e. The molecule has 0 saturated carbocycles. The van der Waals surface area contributed by atoms with E-state index in [1.165, 1.54) is 38.9 Å². The standard InChI is InChI=1S/C20H34N4O2.HI/c1-2-10-24-11-6-18(7-12-24)23-20(22-15-17-8-14-25-16-17)21-9-5-19-4-3-13-26-19;/h3-4,13,17-18H,2,5-12,14-16H2,1H3,(H2,21,22,23);1H. The maximum Gasteiger partial charge on any atom is 0.191 e. The number of furan rings is 1. The van der Waals surface area contributed by atoms with Crippen LogP contribution in [0.2, 0.25) is 0 Å². The molecule has 1 unspecified atom stereocenters. The van der Waals surface area contributed by atoms with E-state index < -0.39 is 0 Å². The summed E-state index contributed by atoms with van der Waals surface area (Å²) in [7, 11) is 0. The Balaban J connectivity index is 0.00000261. The molecular formula is C20H35IN4O2. The van der Waals surface area contributed by atoms with E-state index in [1.54, 1.807) is 6.26 Å². The zero-order valence-corrected chi connectivity index (χ0v) is 18.8. The predicted molar refractivity (Wildman–Crippen MR) is 120 cm³/mol. The van der Waals surface area contributed by atoms with Crippen molar-refractivity contribution in [1.29, 1.82) is 0 Å². The molecule has 0 amide bonds. The molecule has 0 bridgehead atoms. The molecule has 7 heteroatoms. The fourth-order valence-corrected chi connectivity index (χ4v) is 3.67. The van der Waals surface area contributed by atoms with Gasteiger partial charge in [-0.05, 0) is 44.4 Å². The van der Waals surface area contributed by atoms with Gasteiger partial charge in [-0.15, -0.1) is 24.0 Å². The summed E-state index contributed by atoms with van der Waals surface area (Å²) >= 11 is 0. The third-order valence-corrected chi connectivity index (χ3v) is 5.24. The summed E-state index contributed by atoms with van der Waals surface area (Å²) in [6.45, 7) is 9.23. The zero-order valence-electron chi connectivity index (χ0n) is 16.5. The molecule has 3 heterocycles. The van der Waals surface area contributed by atoms with Crippen molar-refractivity contribution in [3.05, 3.63) is 24.2 Å².